The Morgan fingerprint density at radius 2 is 0.526 bits per heavy atom. The van der Waals surface area contributed by atoms with Crippen LogP contribution in [0.4, 0.5) is 0 Å². The minimum absolute atomic E-state index is 0.600. The predicted octanol–water partition coefficient (Wildman–Crippen LogP) is 18.9. The Morgan fingerprint density at radius 3 is 1.03 bits per heavy atom. The van der Waals surface area contributed by atoms with Gasteiger partial charge in [0.05, 0.1) is 22.1 Å². The number of hydrogen-bond acceptors (Lipinski definition) is 3. The molecule has 12 aromatic carbocycles. The summed E-state index contributed by atoms with van der Waals surface area (Å²) >= 11 is 0. The van der Waals surface area contributed by atoms with Crippen molar-refractivity contribution >= 4 is 54.4 Å². The van der Waals surface area contributed by atoms with Gasteiger partial charge in [0.25, 0.3) is 0 Å². The molecule has 15 rings (SSSR count). The van der Waals surface area contributed by atoms with Gasteiger partial charge >= 0.3 is 0 Å². The van der Waals surface area contributed by atoms with Gasteiger partial charge in [0.2, 0.25) is 0 Å². The molecule has 0 radical (unpaired) electrons. The highest BCUT2D eigenvalue weighted by Gasteiger charge is 2.18. The molecule has 0 N–H and O–H groups in total. The Labute approximate surface area is 451 Å². The Hall–Kier alpha value is -10.5. The topological polar surface area (TPSA) is 48.5 Å². The molecule has 0 aliphatic carbocycles. The summed E-state index contributed by atoms with van der Waals surface area (Å²) in [5, 5.41) is 7.41. The van der Waals surface area contributed by atoms with Gasteiger partial charge in [-0.2, -0.15) is 0 Å². The monoisotopic (exact) mass is 993 g/mol. The Kier molecular flexibility index (Phi) is 10.8. The Bertz CT molecular complexity index is 4680. The summed E-state index contributed by atoms with van der Waals surface area (Å²) in [6, 6.07) is 102. The van der Waals surface area contributed by atoms with Gasteiger partial charge in [0, 0.05) is 49.6 Å². The first-order valence-corrected chi connectivity index (χ1v) is 26.5. The van der Waals surface area contributed by atoms with Crippen LogP contribution in [0, 0.1) is 0 Å². The molecule has 78 heavy (non-hydrogen) atoms. The molecular weight excluding hydrogens is 947 g/mol. The third-order valence-electron chi connectivity index (χ3n) is 15.4. The number of fused-ring (bicyclic) bond motifs is 7. The van der Waals surface area contributed by atoms with Crippen molar-refractivity contribution in [3.8, 4) is 90.0 Å². The van der Waals surface area contributed by atoms with Crippen LogP contribution >= 0.6 is 0 Å². The maximum Gasteiger partial charge on any atom is 0.164 e. The molecule has 364 valence electrons. The average molecular weight is 994 g/mol. The zero-order valence-electron chi connectivity index (χ0n) is 42.4. The van der Waals surface area contributed by atoms with E-state index in [0.29, 0.717) is 17.5 Å². The van der Waals surface area contributed by atoms with Crippen molar-refractivity contribution in [1.82, 2.24) is 24.1 Å². The molecule has 0 unspecified atom stereocenters. The van der Waals surface area contributed by atoms with Crippen molar-refractivity contribution in [3.05, 3.63) is 285 Å². The molecule has 3 heterocycles. The number of benzene rings is 12. The lowest BCUT2D eigenvalue weighted by Gasteiger charge is -2.13. The second-order valence-corrected chi connectivity index (χ2v) is 20.0. The molecule has 5 heteroatoms. The summed E-state index contributed by atoms with van der Waals surface area (Å²) < 4.78 is 4.70. The molecule has 0 saturated heterocycles. The molecule has 5 nitrogen and oxygen atoms in total. The summed E-state index contributed by atoms with van der Waals surface area (Å²) in [5.41, 5.74) is 18.8. The third-order valence-corrected chi connectivity index (χ3v) is 15.4. The molecule has 0 amide bonds. The highest BCUT2D eigenvalue weighted by molar-refractivity contribution is 6.10. The number of rotatable bonds is 9. The van der Waals surface area contributed by atoms with E-state index in [4.69, 9.17) is 15.0 Å². The average Bonchev–Trinajstić information content (AvgIpc) is 4.08. The van der Waals surface area contributed by atoms with Gasteiger partial charge in [-0.05, 0) is 116 Å². The summed E-state index contributed by atoms with van der Waals surface area (Å²) in [6.07, 6.45) is 0. The lowest BCUT2D eigenvalue weighted by molar-refractivity contribution is 1.07. The van der Waals surface area contributed by atoms with Crippen molar-refractivity contribution < 1.29 is 0 Å². The van der Waals surface area contributed by atoms with E-state index in [1.165, 1.54) is 60.0 Å². The van der Waals surface area contributed by atoms with Crippen LogP contribution in [0.3, 0.4) is 0 Å². The minimum atomic E-state index is 0.600. The molecule has 0 fully saturated rings. The third kappa shape index (κ3) is 7.84. The highest BCUT2D eigenvalue weighted by Crippen LogP contribution is 2.38. The number of hydrogen-bond donors (Lipinski definition) is 0. The van der Waals surface area contributed by atoms with Crippen molar-refractivity contribution in [2.75, 3.05) is 0 Å². The van der Waals surface area contributed by atoms with Gasteiger partial charge in [-0.3, -0.25) is 0 Å². The van der Waals surface area contributed by atoms with Crippen molar-refractivity contribution in [1.29, 1.82) is 0 Å². The van der Waals surface area contributed by atoms with Crippen LogP contribution in [0.25, 0.3) is 144 Å². The van der Waals surface area contributed by atoms with E-state index in [1.54, 1.807) is 0 Å². The van der Waals surface area contributed by atoms with Gasteiger partial charge in [-0.25, -0.2) is 15.0 Å². The first-order valence-electron chi connectivity index (χ1n) is 26.5. The first kappa shape index (κ1) is 44.9. The zero-order valence-corrected chi connectivity index (χ0v) is 42.4. The van der Waals surface area contributed by atoms with Gasteiger partial charge in [0.1, 0.15) is 0 Å². The zero-order chi connectivity index (χ0) is 51.5. The Balaban J connectivity index is 0.797. The van der Waals surface area contributed by atoms with Gasteiger partial charge in [-0.1, -0.05) is 224 Å². The Morgan fingerprint density at radius 1 is 0.205 bits per heavy atom. The van der Waals surface area contributed by atoms with Crippen LogP contribution in [-0.4, -0.2) is 24.1 Å². The molecule has 0 bridgehead atoms. The van der Waals surface area contributed by atoms with Crippen LogP contribution in [0.15, 0.2) is 285 Å². The highest BCUT2D eigenvalue weighted by atomic mass is 15.0. The summed E-state index contributed by atoms with van der Waals surface area (Å²) in [7, 11) is 0. The molecular formula is C73H47N5. The summed E-state index contributed by atoms with van der Waals surface area (Å²) in [5.74, 6) is 1.80. The van der Waals surface area contributed by atoms with Crippen LogP contribution in [-0.2, 0) is 0 Å². The molecule has 0 saturated carbocycles. The van der Waals surface area contributed by atoms with E-state index in [0.717, 1.165) is 66.9 Å². The van der Waals surface area contributed by atoms with E-state index in [2.05, 4.69) is 294 Å². The second-order valence-electron chi connectivity index (χ2n) is 20.0. The molecule has 0 atom stereocenters. The van der Waals surface area contributed by atoms with E-state index < -0.39 is 0 Å². The van der Waals surface area contributed by atoms with E-state index in [1.807, 2.05) is 0 Å². The fourth-order valence-electron chi connectivity index (χ4n) is 11.6. The quantitative estimate of drug-likeness (QED) is 0.145. The summed E-state index contributed by atoms with van der Waals surface area (Å²) in [4.78, 5) is 15.8. The normalized spacial score (nSPS) is 11.6. The number of nitrogens with zero attached hydrogens (tertiary/aromatic N) is 5. The van der Waals surface area contributed by atoms with Crippen LogP contribution in [0.1, 0.15) is 0 Å². The molecule has 15 aromatic rings. The minimum Gasteiger partial charge on any atom is -0.309 e. The molecule has 3 aromatic heterocycles. The SMILES string of the molecule is c1cc(-c2ccc(-c3nc(-c4ccc(-c5cccc(-n6c7ccccc7c7ccccc76)c5)cc4)nc(-c4cccc(-n5c6ccccc6c6ccccc65)c4)n3)cc2)cc(-c2cccc(-c3cccc4ccccc34)c2)c1. The molecule has 0 aliphatic rings. The van der Waals surface area contributed by atoms with Crippen molar-refractivity contribution in [2.24, 2.45) is 0 Å². The van der Waals surface area contributed by atoms with Gasteiger partial charge < -0.3 is 9.13 Å². The predicted molar refractivity (Wildman–Crippen MR) is 324 cm³/mol. The fraction of sp³-hybridized carbons (Fsp3) is 0. The number of para-hydroxylation sites is 4. The standard InChI is InChI=1S/C73H47N5/c1-2-26-61-50(16-1)17-15-31-62(61)57-22-12-20-55(45-57)54-19-11-18-53(44-54)48-36-40-51(41-37-48)71-74-72(76-73(75-71)58-23-14-25-60(47-58)78-69-34-9-5-29-65(69)66-30-6-10-35-70(66)78)52-42-38-49(39-43-52)56-21-13-24-59(46-56)77-67-32-7-3-27-63(67)64-28-4-8-33-68(64)77/h1-47H. The van der Waals surface area contributed by atoms with E-state index >= 15 is 0 Å². The van der Waals surface area contributed by atoms with Crippen molar-refractivity contribution in [2.45, 2.75) is 0 Å². The lowest BCUT2D eigenvalue weighted by Crippen LogP contribution is -2.01. The first-order chi connectivity index (χ1) is 38.6. The van der Waals surface area contributed by atoms with E-state index in [9.17, 15) is 0 Å². The molecule has 0 spiro atoms. The molecule has 0 aliphatic heterocycles. The second kappa shape index (κ2) is 18.7. The van der Waals surface area contributed by atoms with E-state index in [-0.39, 0.29) is 0 Å². The van der Waals surface area contributed by atoms with Crippen LogP contribution in [0.5, 0.6) is 0 Å². The maximum absolute atomic E-state index is 5.26. The van der Waals surface area contributed by atoms with Crippen LogP contribution < -0.4 is 0 Å². The maximum atomic E-state index is 5.26. The van der Waals surface area contributed by atoms with Crippen molar-refractivity contribution in [3.63, 3.8) is 0 Å². The fourth-order valence-corrected chi connectivity index (χ4v) is 11.6. The smallest absolute Gasteiger partial charge is 0.164 e. The van der Waals surface area contributed by atoms with Gasteiger partial charge in [0.15, 0.2) is 17.5 Å². The van der Waals surface area contributed by atoms with Gasteiger partial charge in [-0.15, -0.1) is 0 Å². The summed E-state index contributed by atoms with van der Waals surface area (Å²) in [6.45, 7) is 0. The largest absolute Gasteiger partial charge is 0.309 e. The number of aromatic nitrogens is 5. The lowest BCUT2D eigenvalue weighted by atomic mass is 9.94. The van der Waals surface area contributed by atoms with Crippen LogP contribution in [0.2, 0.25) is 0 Å².